The first kappa shape index (κ1) is 12.6. The second-order valence-electron chi connectivity index (χ2n) is 4.33. The summed E-state index contributed by atoms with van der Waals surface area (Å²) in [5, 5.41) is 0. The van der Waals surface area contributed by atoms with Gasteiger partial charge in [0.05, 0.1) is 5.54 Å². The first-order valence-corrected chi connectivity index (χ1v) is 5.42. The summed E-state index contributed by atoms with van der Waals surface area (Å²) in [5.74, 6) is -1.56. The Hall–Kier alpha value is -1.81. The highest BCUT2D eigenvalue weighted by Gasteiger charge is 2.27. The topological polar surface area (TPSA) is 26.0 Å². The average molecular weight is 251 g/mol. The Labute approximate surface area is 103 Å². The fourth-order valence-corrected chi connectivity index (χ4v) is 1.85. The minimum absolute atomic E-state index is 0.0362. The van der Waals surface area contributed by atoms with E-state index in [4.69, 9.17) is 5.73 Å². The molecule has 0 aliphatic heterocycles. The van der Waals surface area contributed by atoms with Crippen LogP contribution in [0.3, 0.4) is 0 Å². The lowest BCUT2D eigenvalue weighted by molar-refractivity contribution is 0.517. The number of hydrogen-bond donors (Lipinski definition) is 1. The largest absolute Gasteiger partial charge is 0.318 e. The van der Waals surface area contributed by atoms with E-state index in [1.165, 1.54) is 24.3 Å². The molecule has 2 aromatic carbocycles. The molecule has 0 bridgehead atoms. The van der Waals surface area contributed by atoms with Crippen LogP contribution in [0.1, 0.15) is 18.1 Å². The normalized spacial score (nSPS) is 14.3. The molecular weight excluding hydrogens is 239 g/mol. The first-order chi connectivity index (χ1) is 8.41. The molecule has 0 aromatic heterocycles. The highest BCUT2D eigenvalue weighted by Crippen LogP contribution is 2.29. The van der Waals surface area contributed by atoms with Gasteiger partial charge in [0.2, 0.25) is 0 Å². The molecule has 1 unspecified atom stereocenters. The van der Waals surface area contributed by atoms with Gasteiger partial charge in [0.15, 0.2) is 0 Å². The summed E-state index contributed by atoms with van der Waals surface area (Å²) in [6.07, 6.45) is 0. The van der Waals surface area contributed by atoms with Gasteiger partial charge in [-0.25, -0.2) is 13.2 Å². The molecule has 0 radical (unpaired) electrons. The van der Waals surface area contributed by atoms with Crippen LogP contribution in [0.5, 0.6) is 0 Å². The first-order valence-electron chi connectivity index (χ1n) is 5.42. The summed E-state index contributed by atoms with van der Waals surface area (Å²) in [4.78, 5) is 0. The van der Waals surface area contributed by atoms with Crippen molar-refractivity contribution in [3.8, 4) is 0 Å². The maximum absolute atomic E-state index is 13.7. The Bertz CT molecular complexity index is 562. The van der Waals surface area contributed by atoms with Gasteiger partial charge >= 0.3 is 0 Å². The van der Waals surface area contributed by atoms with Crippen molar-refractivity contribution in [2.75, 3.05) is 0 Å². The van der Waals surface area contributed by atoms with E-state index in [2.05, 4.69) is 0 Å². The molecule has 0 aliphatic carbocycles. The number of nitrogens with two attached hydrogens (primary N) is 1. The van der Waals surface area contributed by atoms with Crippen molar-refractivity contribution in [2.24, 2.45) is 5.73 Å². The second kappa shape index (κ2) is 4.46. The van der Waals surface area contributed by atoms with Crippen molar-refractivity contribution < 1.29 is 13.2 Å². The van der Waals surface area contributed by atoms with E-state index in [9.17, 15) is 13.2 Å². The zero-order valence-corrected chi connectivity index (χ0v) is 9.75. The van der Waals surface area contributed by atoms with Gasteiger partial charge < -0.3 is 5.73 Å². The molecule has 0 amide bonds. The van der Waals surface area contributed by atoms with Gasteiger partial charge in [-0.2, -0.15) is 0 Å². The van der Waals surface area contributed by atoms with Crippen molar-refractivity contribution in [3.05, 3.63) is 71.0 Å². The van der Waals surface area contributed by atoms with E-state index >= 15 is 0 Å². The summed E-state index contributed by atoms with van der Waals surface area (Å²) in [5.41, 5.74) is 5.37. The van der Waals surface area contributed by atoms with Crippen molar-refractivity contribution in [1.29, 1.82) is 0 Å². The van der Waals surface area contributed by atoms with E-state index in [1.54, 1.807) is 6.92 Å². The second-order valence-corrected chi connectivity index (χ2v) is 4.33. The maximum atomic E-state index is 13.7. The molecule has 2 rings (SSSR count). The van der Waals surface area contributed by atoms with E-state index in [1.807, 2.05) is 0 Å². The average Bonchev–Trinajstić information content (AvgIpc) is 2.32. The molecule has 2 N–H and O–H groups in total. The van der Waals surface area contributed by atoms with Crippen LogP contribution in [-0.4, -0.2) is 0 Å². The fourth-order valence-electron chi connectivity index (χ4n) is 1.85. The number of rotatable bonds is 2. The Morgan fingerprint density at radius 2 is 1.44 bits per heavy atom. The number of benzene rings is 2. The van der Waals surface area contributed by atoms with Gasteiger partial charge in [0.25, 0.3) is 0 Å². The Balaban J connectivity index is 2.53. The molecule has 0 saturated heterocycles. The van der Waals surface area contributed by atoms with Crippen LogP contribution < -0.4 is 5.73 Å². The minimum Gasteiger partial charge on any atom is -0.318 e. The van der Waals surface area contributed by atoms with Crippen molar-refractivity contribution in [1.82, 2.24) is 0 Å². The Morgan fingerprint density at radius 1 is 0.889 bits per heavy atom. The summed E-state index contributed by atoms with van der Waals surface area (Å²) < 4.78 is 39.7. The zero-order chi connectivity index (χ0) is 13.3. The molecule has 18 heavy (non-hydrogen) atoms. The summed E-state index contributed by atoms with van der Waals surface area (Å²) in [7, 11) is 0. The molecule has 0 spiro atoms. The van der Waals surface area contributed by atoms with Crippen LogP contribution in [0.25, 0.3) is 0 Å². The van der Waals surface area contributed by atoms with Gasteiger partial charge in [0.1, 0.15) is 17.5 Å². The van der Waals surface area contributed by atoms with Gasteiger partial charge in [-0.1, -0.05) is 12.1 Å². The van der Waals surface area contributed by atoms with Gasteiger partial charge in [0, 0.05) is 5.56 Å². The third-order valence-electron chi connectivity index (χ3n) is 2.93. The predicted octanol–water partition coefficient (Wildman–Crippen LogP) is 3.33. The van der Waals surface area contributed by atoms with Crippen molar-refractivity contribution in [2.45, 2.75) is 12.5 Å². The molecular formula is C14H12F3N. The number of hydrogen-bond acceptors (Lipinski definition) is 1. The van der Waals surface area contributed by atoms with Crippen molar-refractivity contribution in [3.63, 3.8) is 0 Å². The highest BCUT2D eigenvalue weighted by molar-refractivity contribution is 5.38. The lowest BCUT2D eigenvalue weighted by Crippen LogP contribution is -2.35. The summed E-state index contributed by atoms with van der Waals surface area (Å²) >= 11 is 0. The monoisotopic (exact) mass is 251 g/mol. The lowest BCUT2D eigenvalue weighted by Gasteiger charge is -2.26. The summed E-state index contributed by atoms with van der Waals surface area (Å²) in [6.45, 7) is 1.55. The van der Waals surface area contributed by atoms with Crippen LogP contribution in [0.2, 0.25) is 0 Å². The lowest BCUT2D eigenvalue weighted by atomic mass is 9.85. The third-order valence-corrected chi connectivity index (χ3v) is 2.93. The molecule has 4 heteroatoms. The van der Waals surface area contributed by atoms with Crippen LogP contribution in [0.15, 0.2) is 42.5 Å². The molecule has 0 fully saturated rings. The zero-order valence-electron chi connectivity index (χ0n) is 9.75. The Morgan fingerprint density at radius 3 is 2.06 bits per heavy atom. The minimum atomic E-state index is -1.22. The van der Waals surface area contributed by atoms with Crippen LogP contribution >= 0.6 is 0 Å². The molecule has 0 saturated carbocycles. The van der Waals surface area contributed by atoms with Crippen LogP contribution in [0, 0.1) is 17.5 Å². The SMILES string of the molecule is CC(N)(c1ccc(F)cc1)c1cc(F)ccc1F. The van der Waals surface area contributed by atoms with E-state index in [0.29, 0.717) is 5.56 Å². The summed E-state index contributed by atoms with van der Waals surface area (Å²) in [6, 6.07) is 8.49. The Kier molecular flexibility index (Phi) is 3.13. The molecule has 1 atom stereocenters. The molecule has 2 aromatic rings. The fraction of sp³-hybridized carbons (Fsp3) is 0.143. The van der Waals surface area contributed by atoms with Gasteiger partial charge in [-0.15, -0.1) is 0 Å². The molecule has 0 heterocycles. The maximum Gasteiger partial charge on any atom is 0.128 e. The molecule has 0 aliphatic rings. The highest BCUT2D eigenvalue weighted by atomic mass is 19.1. The third kappa shape index (κ3) is 2.24. The van der Waals surface area contributed by atoms with Crippen molar-refractivity contribution >= 4 is 0 Å². The number of halogens is 3. The van der Waals surface area contributed by atoms with Gasteiger partial charge in [-0.3, -0.25) is 0 Å². The predicted molar refractivity (Wildman–Crippen MR) is 63.4 cm³/mol. The van der Waals surface area contributed by atoms with Crippen LogP contribution in [0.4, 0.5) is 13.2 Å². The van der Waals surface area contributed by atoms with Crippen LogP contribution in [-0.2, 0) is 5.54 Å². The van der Waals surface area contributed by atoms with E-state index in [0.717, 1.165) is 18.2 Å². The quantitative estimate of drug-likeness (QED) is 0.870. The van der Waals surface area contributed by atoms with Gasteiger partial charge in [-0.05, 0) is 42.8 Å². The molecule has 1 nitrogen and oxygen atoms in total. The smallest absolute Gasteiger partial charge is 0.128 e. The standard InChI is InChI=1S/C14H12F3N/c1-14(18,9-2-4-10(15)5-3-9)12-8-11(16)6-7-13(12)17/h2-8H,18H2,1H3. The molecule has 94 valence electrons. The van der Waals surface area contributed by atoms with E-state index < -0.39 is 23.0 Å². The van der Waals surface area contributed by atoms with E-state index in [-0.39, 0.29) is 5.56 Å².